The summed E-state index contributed by atoms with van der Waals surface area (Å²) in [7, 11) is 0. The molecule has 3 aliphatic rings. The number of hydrogen-bond donors (Lipinski definition) is 3. The number of aliphatic hydroxyl groups is 2. The van der Waals surface area contributed by atoms with Crippen LogP contribution in [0.1, 0.15) is 84.5 Å². The van der Waals surface area contributed by atoms with Gasteiger partial charge in [0.2, 0.25) is 0 Å². The molecular formula is C23H38O4. The van der Waals surface area contributed by atoms with E-state index < -0.39 is 5.97 Å². The molecule has 0 heterocycles. The van der Waals surface area contributed by atoms with E-state index in [2.05, 4.69) is 19.9 Å². The van der Waals surface area contributed by atoms with Crippen molar-refractivity contribution in [3.05, 3.63) is 11.6 Å². The topological polar surface area (TPSA) is 77.8 Å². The van der Waals surface area contributed by atoms with Gasteiger partial charge in [-0.25, -0.2) is 0 Å². The molecule has 27 heavy (non-hydrogen) atoms. The molecular weight excluding hydrogens is 340 g/mol. The molecule has 0 aliphatic heterocycles. The van der Waals surface area contributed by atoms with Gasteiger partial charge in [0, 0.05) is 6.42 Å². The van der Waals surface area contributed by atoms with Crippen molar-refractivity contribution >= 4 is 5.97 Å². The molecule has 6 atom stereocenters. The van der Waals surface area contributed by atoms with Crippen molar-refractivity contribution in [1.29, 1.82) is 0 Å². The molecule has 3 aliphatic carbocycles. The molecule has 4 nitrogen and oxygen atoms in total. The molecule has 3 fully saturated rings. The van der Waals surface area contributed by atoms with Gasteiger partial charge in [-0.1, -0.05) is 51.2 Å². The lowest BCUT2D eigenvalue weighted by atomic mass is 9.43. The predicted octanol–water partition coefficient (Wildman–Crippen LogP) is 4.54. The summed E-state index contributed by atoms with van der Waals surface area (Å²) < 4.78 is 0. The molecule has 2 unspecified atom stereocenters. The lowest BCUT2D eigenvalue weighted by Gasteiger charge is -2.62. The number of allylic oxidation sites excluding steroid dienone is 2. The first-order valence-electron chi connectivity index (χ1n) is 11.1. The lowest BCUT2D eigenvalue weighted by molar-refractivity contribution is -0.136. The molecule has 0 aromatic carbocycles. The van der Waals surface area contributed by atoms with Crippen molar-refractivity contribution < 1.29 is 20.1 Å². The number of hydrogen-bond acceptors (Lipinski definition) is 3. The number of carboxylic acids is 1. The summed E-state index contributed by atoms with van der Waals surface area (Å²) >= 11 is 0. The highest BCUT2D eigenvalue weighted by Gasteiger charge is 2.58. The molecule has 0 radical (unpaired) electrons. The van der Waals surface area contributed by atoms with Crippen molar-refractivity contribution in [3.8, 4) is 0 Å². The Kier molecular flexibility index (Phi) is 6.68. The van der Waals surface area contributed by atoms with E-state index in [1.807, 2.05) is 0 Å². The van der Waals surface area contributed by atoms with Gasteiger partial charge in [0.15, 0.2) is 0 Å². The number of carbonyl (C=O) groups is 1. The Morgan fingerprint density at radius 3 is 2.67 bits per heavy atom. The molecule has 0 aromatic rings. The first-order valence-corrected chi connectivity index (χ1v) is 11.1. The van der Waals surface area contributed by atoms with Crippen LogP contribution in [0.25, 0.3) is 0 Å². The normalized spacial score (nSPS) is 39.2. The number of fused-ring (bicyclic) bond motifs is 1. The molecule has 3 rings (SSSR count). The number of rotatable bonds is 8. The van der Waals surface area contributed by atoms with Crippen LogP contribution in [0.3, 0.4) is 0 Å². The second-order valence-corrected chi connectivity index (χ2v) is 9.71. The average Bonchev–Trinajstić information content (AvgIpc) is 3.11. The SMILES string of the molecule is CC1C(=CCCC(=O)O)[C@@]2(C)CC[C@@H](O)[C@H](CCC(O)CC3CCCC3)[C@@H]12. The van der Waals surface area contributed by atoms with Crippen LogP contribution < -0.4 is 0 Å². The van der Waals surface area contributed by atoms with Crippen LogP contribution in [0, 0.1) is 29.1 Å². The van der Waals surface area contributed by atoms with E-state index in [0.29, 0.717) is 24.2 Å². The number of carboxylic acid groups (broad SMARTS) is 1. The number of aliphatic carboxylic acids is 1. The van der Waals surface area contributed by atoms with Gasteiger partial charge in [-0.2, -0.15) is 0 Å². The van der Waals surface area contributed by atoms with Crippen LogP contribution in [-0.2, 0) is 4.79 Å². The predicted molar refractivity (Wildman–Crippen MR) is 106 cm³/mol. The van der Waals surface area contributed by atoms with Crippen LogP contribution in [0.4, 0.5) is 0 Å². The van der Waals surface area contributed by atoms with Gasteiger partial charge in [0.1, 0.15) is 0 Å². The van der Waals surface area contributed by atoms with Crippen molar-refractivity contribution in [3.63, 3.8) is 0 Å². The second-order valence-electron chi connectivity index (χ2n) is 9.71. The van der Waals surface area contributed by atoms with E-state index >= 15 is 0 Å². The Morgan fingerprint density at radius 1 is 1.30 bits per heavy atom. The van der Waals surface area contributed by atoms with E-state index in [-0.39, 0.29) is 30.0 Å². The Labute approximate surface area is 164 Å². The third kappa shape index (κ3) is 4.42. The summed E-state index contributed by atoms with van der Waals surface area (Å²) in [6.07, 6.45) is 12.1. The highest BCUT2D eigenvalue weighted by molar-refractivity contribution is 5.66. The maximum absolute atomic E-state index is 10.8. The van der Waals surface area contributed by atoms with Crippen molar-refractivity contribution in [2.24, 2.45) is 29.1 Å². The first kappa shape index (κ1) is 20.9. The van der Waals surface area contributed by atoms with Gasteiger partial charge < -0.3 is 15.3 Å². The van der Waals surface area contributed by atoms with Crippen molar-refractivity contribution in [1.82, 2.24) is 0 Å². The van der Waals surface area contributed by atoms with Gasteiger partial charge in [0.05, 0.1) is 12.2 Å². The molecule has 154 valence electrons. The van der Waals surface area contributed by atoms with Crippen molar-refractivity contribution in [2.75, 3.05) is 0 Å². The highest BCUT2D eigenvalue weighted by Crippen LogP contribution is 2.64. The molecule has 3 N–H and O–H groups in total. The Morgan fingerprint density at radius 2 is 2.00 bits per heavy atom. The minimum absolute atomic E-state index is 0.109. The summed E-state index contributed by atoms with van der Waals surface area (Å²) in [5.41, 5.74) is 1.51. The highest BCUT2D eigenvalue weighted by atomic mass is 16.4. The molecule has 3 saturated carbocycles. The van der Waals surface area contributed by atoms with E-state index in [4.69, 9.17) is 5.11 Å². The zero-order valence-corrected chi connectivity index (χ0v) is 17.1. The average molecular weight is 379 g/mol. The van der Waals surface area contributed by atoms with Gasteiger partial charge in [0.25, 0.3) is 0 Å². The van der Waals surface area contributed by atoms with Gasteiger partial charge >= 0.3 is 5.97 Å². The summed E-state index contributed by atoms with van der Waals surface area (Å²) in [5.74, 6) is 1.09. The monoisotopic (exact) mass is 378 g/mol. The van der Waals surface area contributed by atoms with Gasteiger partial charge in [-0.05, 0) is 67.6 Å². The molecule has 0 amide bonds. The maximum Gasteiger partial charge on any atom is 0.303 e. The Hall–Kier alpha value is -0.870. The minimum atomic E-state index is -0.742. The van der Waals surface area contributed by atoms with Crippen LogP contribution in [0.5, 0.6) is 0 Å². The lowest BCUT2D eigenvalue weighted by Crippen LogP contribution is -2.57. The fourth-order valence-corrected chi connectivity index (χ4v) is 6.69. The zero-order chi connectivity index (χ0) is 19.6. The molecule has 4 heteroatoms. The minimum Gasteiger partial charge on any atom is -0.481 e. The Bertz CT molecular complexity index is 551. The summed E-state index contributed by atoms with van der Waals surface area (Å²) in [6.45, 7) is 4.54. The van der Waals surface area contributed by atoms with Crippen LogP contribution in [0.15, 0.2) is 11.6 Å². The summed E-state index contributed by atoms with van der Waals surface area (Å²) in [6, 6.07) is 0. The number of aliphatic hydroxyl groups excluding tert-OH is 2. The smallest absolute Gasteiger partial charge is 0.303 e. The summed E-state index contributed by atoms with van der Waals surface area (Å²) in [5, 5.41) is 30.1. The van der Waals surface area contributed by atoms with Crippen LogP contribution >= 0.6 is 0 Å². The third-order valence-electron chi connectivity index (χ3n) is 7.98. The quantitative estimate of drug-likeness (QED) is 0.542. The molecule has 0 spiro atoms. The second kappa shape index (κ2) is 8.65. The maximum atomic E-state index is 10.8. The van der Waals surface area contributed by atoms with E-state index in [1.165, 1.54) is 31.3 Å². The van der Waals surface area contributed by atoms with Crippen LogP contribution in [-0.4, -0.2) is 33.5 Å². The van der Waals surface area contributed by atoms with E-state index in [1.54, 1.807) is 0 Å². The van der Waals surface area contributed by atoms with Gasteiger partial charge in [-0.3, -0.25) is 4.79 Å². The molecule has 0 bridgehead atoms. The largest absolute Gasteiger partial charge is 0.481 e. The molecule has 0 saturated heterocycles. The standard InChI is InChI=1S/C23H38O4/c1-15-19(8-5-9-21(26)27)23(2)13-12-20(25)18(22(15)23)11-10-17(24)14-16-6-3-4-7-16/h8,15-18,20,22,24-25H,3-7,9-14H2,1-2H3,(H,26,27)/t15?,17?,18-,20+,22+,23+/m0/s1. The third-order valence-corrected chi connectivity index (χ3v) is 7.98. The fraction of sp³-hybridized carbons (Fsp3) is 0.870. The van der Waals surface area contributed by atoms with E-state index in [9.17, 15) is 15.0 Å². The van der Waals surface area contributed by atoms with Crippen LogP contribution in [0.2, 0.25) is 0 Å². The Balaban J connectivity index is 1.58. The molecule has 0 aromatic heterocycles. The zero-order valence-electron chi connectivity index (χ0n) is 17.1. The summed E-state index contributed by atoms with van der Waals surface area (Å²) in [4.78, 5) is 10.8. The van der Waals surface area contributed by atoms with Crippen molar-refractivity contribution in [2.45, 2.75) is 96.7 Å². The first-order chi connectivity index (χ1) is 12.8. The fourth-order valence-electron chi connectivity index (χ4n) is 6.69. The van der Waals surface area contributed by atoms with E-state index in [0.717, 1.165) is 32.1 Å². The van der Waals surface area contributed by atoms with Gasteiger partial charge in [-0.15, -0.1) is 0 Å².